The molecule has 1 aliphatic rings. The molecule has 0 saturated carbocycles. The van der Waals surface area contributed by atoms with Crippen molar-refractivity contribution in [2.45, 2.75) is 26.9 Å². The standard InChI is InChI=1S/C24H29N5O3/c1-5-32-24(31)16-28(22-11-21-20(10-17(22)2)12-26(3)25-21)15-23(30)27(4)29-13-18-8-6-7-9-19(18)14-29/h6-12H,5,13-16H2,1-4H3. The lowest BCUT2D eigenvalue weighted by atomic mass is 10.1. The number of carbonyl (C=O) groups is 2. The number of likely N-dealkylation sites (N-methyl/N-ethyl adjacent to an activating group) is 1. The molecule has 2 heterocycles. The molecule has 4 rings (SSSR count). The third kappa shape index (κ3) is 4.45. The van der Waals surface area contributed by atoms with E-state index in [9.17, 15) is 9.59 Å². The van der Waals surface area contributed by atoms with E-state index < -0.39 is 0 Å². The number of fused-ring (bicyclic) bond motifs is 2. The molecule has 0 aliphatic carbocycles. The van der Waals surface area contributed by atoms with Crippen LogP contribution in [0.3, 0.4) is 0 Å². The van der Waals surface area contributed by atoms with E-state index in [1.54, 1.807) is 28.6 Å². The van der Waals surface area contributed by atoms with Crippen molar-refractivity contribution in [1.82, 2.24) is 19.8 Å². The Labute approximate surface area is 187 Å². The van der Waals surface area contributed by atoms with Crippen LogP contribution in [0, 0.1) is 6.92 Å². The monoisotopic (exact) mass is 435 g/mol. The molecule has 1 amide bonds. The molecule has 3 aromatic rings. The Morgan fingerprint density at radius 3 is 2.47 bits per heavy atom. The Kier molecular flexibility index (Phi) is 6.14. The summed E-state index contributed by atoms with van der Waals surface area (Å²) in [5, 5.41) is 9.18. The lowest BCUT2D eigenvalue weighted by Crippen LogP contribution is -2.47. The van der Waals surface area contributed by atoms with E-state index in [-0.39, 0.29) is 25.0 Å². The summed E-state index contributed by atoms with van der Waals surface area (Å²) in [5.74, 6) is -0.459. The Bertz CT molecular complexity index is 1130. The van der Waals surface area contributed by atoms with Crippen molar-refractivity contribution in [2.24, 2.45) is 7.05 Å². The summed E-state index contributed by atoms with van der Waals surface area (Å²) < 4.78 is 6.93. The summed E-state index contributed by atoms with van der Waals surface area (Å²) in [5.41, 5.74) is 5.05. The Morgan fingerprint density at radius 2 is 1.81 bits per heavy atom. The number of aromatic nitrogens is 2. The summed E-state index contributed by atoms with van der Waals surface area (Å²) in [6.07, 6.45) is 1.95. The first-order valence-corrected chi connectivity index (χ1v) is 10.8. The SMILES string of the molecule is CCOC(=O)CN(CC(=O)N(C)N1Cc2ccccc2C1)c1cc2nn(C)cc2cc1C. The highest BCUT2D eigenvalue weighted by Crippen LogP contribution is 2.27. The van der Waals surface area contributed by atoms with Crippen LogP contribution in [0.4, 0.5) is 5.69 Å². The molecule has 0 fully saturated rings. The molecule has 0 bridgehead atoms. The number of esters is 1. The van der Waals surface area contributed by atoms with Crippen molar-refractivity contribution in [3.63, 3.8) is 0 Å². The van der Waals surface area contributed by atoms with Gasteiger partial charge in [-0.1, -0.05) is 24.3 Å². The molecular weight excluding hydrogens is 406 g/mol. The van der Waals surface area contributed by atoms with Crippen LogP contribution in [0.15, 0.2) is 42.6 Å². The largest absolute Gasteiger partial charge is 0.465 e. The van der Waals surface area contributed by atoms with Crippen molar-refractivity contribution < 1.29 is 14.3 Å². The van der Waals surface area contributed by atoms with Gasteiger partial charge in [-0.2, -0.15) is 5.10 Å². The van der Waals surface area contributed by atoms with Crippen molar-refractivity contribution in [2.75, 3.05) is 31.6 Å². The summed E-state index contributed by atoms with van der Waals surface area (Å²) in [7, 11) is 3.66. The van der Waals surface area contributed by atoms with E-state index in [0.29, 0.717) is 19.7 Å². The second kappa shape index (κ2) is 9.00. The van der Waals surface area contributed by atoms with Crippen LogP contribution < -0.4 is 4.90 Å². The quantitative estimate of drug-likeness (QED) is 0.532. The number of carbonyl (C=O) groups excluding carboxylic acids is 2. The number of rotatable bonds is 7. The fourth-order valence-corrected chi connectivity index (χ4v) is 4.18. The highest BCUT2D eigenvalue weighted by atomic mass is 16.5. The van der Waals surface area contributed by atoms with Crippen LogP contribution in [0.1, 0.15) is 23.6 Å². The first-order chi connectivity index (χ1) is 15.4. The molecule has 0 spiro atoms. The topological polar surface area (TPSA) is 70.9 Å². The molecule has 8 heteroatoms. The van der Waals surface area contributed by atoms with E-state index in [0.717, 1.165) is 22.2 Å². The van der Waals surface area contributed by atoms with Gasteiger partial charge >= 0.3 is 5.97 Å². The van der Waals surface area contributed by atoms with Gasteiger partial charge in [0, 0.05) is 44.5 Å². The Morgan fingerprint density at radius 1 is 1.12 bits per heavy atom. The lowest BCUT2D eigenvalue weighted by molar-refractivity contribution is -0.145. The van der Waals surface area contributed by atoms with Crippen molar-refractivity contribution >= 4 is 28.5 Å². The van der Waals surface area contributed by atoms with Gasteiger partial charge in [0.15, 0.2) is 0 Å². The maximum absolute atomic E-state index is 13.3. The van der Waals surface area contributed by atoms with Crippen molar-refractivity contribution in [3.8, 4) is 0 Å². The molecule has 0 unspecified atom stereocenters. The van der Waals surface area contributed by atoms with Crippen LogP contribution in [0.2, 0.25) is 0 Å². The third-order valence-electron chi connectivity index (χ3n) is 5.84. The summed E-state index contributed by atoms with van der Waals surface area (Å²) >= 11 is 0. The van der Waals surface area contributed by atoms with Gasteiger partial charge in [0.1, 0.15) is 6.54 Å². The normalized spacial score (nSPS) is 13.2. The third-order valence-corrected chi connectivity index (χ3v) is 5.84. The molecule has 8 nitrogen and oxygen atoms in total. The number of benzene rings is 2. The highest BCUT2D eigenvalue weighted by molar-refractivity contribution is 5.88. The minimum absolute atomic E-state index is 0.00712. The molecule has 1 aliphatic heterocycles. The smallest absolute Gasteiger partial charge is 0.325 e. The first-order valence-electron chi connectivity index (χ1n) is 10.8. The maximum Gasteiger partial charge on any atom is 0.325 e. The summed E-state index contributed by atoms with van der Waals surface area (Å²) in [6, 6.07) is 12.2. The molecular formula is C24H29N5O3. The van der Waals surface area contributed by atoms with Crippen LogP contribution >= 0.6 is 0 Å². The van der Waals surface area contributed by atoms with Gasteiger partial charge in [-0.15, -0.1) is 0 Å². The minimum Gasteiger partial charge on any atom is -0.465 e. The fraction of sp³-hybridized carbons (Fsp3) is 0.375. The van der Waals surface area contributed by atoms with Gasteiger partial charge < -0.3 is 9.64 Å². The minimum atomic E-state index is -0.364. The number of nitrogens with zero attached hydrogens (tertiary/aromatic N) is 5. The second-order valence-electron chi connectivity index (χ2n) is 8.17. The van der Waals surface area contributed by atoms with Gasteiger partial charge in [0.2, 0.25) is 0 Å². The highest BCUT2D eigenvalue weighted by Gasteiger charge is 2.27. The van der Waals surface area contributed by atoms with E-state index >= 15 is 0 Å². The molecule has 0 N–H and O–H groups in total. The molecule has 1 aromatic heterocycles. The molecule has 0 saturated heterocycles. The van der Waals surface area contributed by atoms with Crippen LogP contribution in [-0.4, -0.2) is 58.4 Å². The zero-order valence-electron chi connectivity index (χ0n) is 19.0. The van der Waals surface area contributed by atoms with E-state index in [4.69, 9.17) is 4.74 Å². The zero-order valence-corrected chi connectivity index (χ0v) is 19.0. The van der Waals surface area contributed by atoms with Crippen LogP contribution in [-0.2, 0) is 34.5 Å². The fourth-order valence-electron chi connectivity index (χ4n) is 4.18. The average Bonchev–Trinajstić information content (AvgIpc) is 3.34. The zero-order chi connectivity index (χ0) is 22.8. The lowest BCUT2D eigenvalue weighted by Gasteiger charge is -2.31. The number of aryl methyl sites for hydroxylation is 2. The molecule has 168 valence electrons. The number of amides is 1. The summed E-state index contributed by atoms with van der Waals surface area (Å²) in [6.45, 7) is 5.48. The van der Waals surface area contributed by atoms with Crippen molar-refractivity contribution in [1.29, 1.82) is 0 Å². The van der Waals surface area contributed by atoms with Crippen LogP contribution in [0.5, 0.6) is 0 Å². The van der Waals surface area contributed by atoms with E-state index in [2.05, 4.69) is 17.2 Å². The number of hydrogen-bond acceptors (Lipinski definition) is 6. The van der Waals surface area contributed by atoms with Gasteiger partial charge in [0.05, 0.1) is 18.7 Å². The predicted molar refractivity (Wildman–Crippen MR) is 123 cm³/mol. The molecule has 0 atom stereocenters. The first kappa shape index (κ1) is 21.8. The van der Waals surface area contributed by atoms with Crippen LogP contribution in [0.25, 0.3) is 10.9 Å². The van der Waals surface area contributed by atoms with Gasteiger partial charge in [-0.3, -0.25) is 19.3 Å². The maximum atomic E-state index is 13.3. The predicted octanol–water partition coefficient (Wildman–Crippen LogP) is 2.64. The number of hydrogen-bond donors (Lipinski definition) is 0. The molecule has 32 heavy (non-hydrogen) atoms. The molecule has 2 aromatic carbocycles. The van der Waals surface area contributed by atoms with Gasteiger partial charge in [0.25, 0.3) is 5.91 Å². The second-order valence-corrected chi connectivity index (χ2v) is 8.17. The van der Waals surface area contributed by atoms with Gasteiger partial charge in [-0.25, -0.2) is 5.01 Å². The van der Waals surface area contributed by atoms with Crippen molar-refractivity contribution in [3.05, 3.63) is 59.3 Å². The molecule has 0 radical (unpaired) electrons. The summed E-state index contributed by atoms with van der Waals surface area (Å²) in [4.78, 5) is 27.4. The average molecular weight is 436 g/mol. The number of hydrazine groups is 1. The van der Waals surface area contributed by atoms with E-state index in [1.807, 2.05) is 49.4 Å². The number of anilines is 1. The Hall–Kier alpha value is -3.39. The number of ether oxygens (including phenoxy) is 1. The van der Waals surface area contributed by atoms with Gasteiger partial charge in [-0.05, 0) is 42.7 Å². The Balaban J connectivity index is 1.56. The van der Waals surface area contributed by atoms with E-state index in [1.165, 1.54) is 11.1 Å².